The van der Waals surface area contributed by atoms with Gasteiger partial charge >= 0.3 is 0 Å². The number of hydrogen-bond acceptors (Lipinski definition) is 3. The van der Waals surface area contributed by atoms with E-state index < -0.39 is 0 Å². The van der Waals surface area contributed by atoms with E-state index in [1.165, 1.54) is 5.56 Å². The molecule has 2 aromatic rings. The van der Waals surface area contributed by atoms with E-state index >= 15 is 0 Å². The predicted octanol–water partition coefficient (Wildman–Crippen LogP) is 1.92. The summed E-state index contributed by atoms with van der Waals surface area (Å²) in [6.45, 7) is 4.32. The molecular weight excluding hydrogens is 302 g/mol. The maximum absolute atomic E-state index is 12.4. The molecule has 0 radical (unpaired) electrons. The normalized spacial score (nSPS) is 14.5. The van der Waals surface area contributed by atoms with Gasteiger partial charge in [0.25, 0.3) is 5.91 Å². The summed E-state index contributed by atoms with van der Waals surface area (Å²) in [5.74, 6) is 0.0982. The second kappa shape index (κ2) is 7.25. The first kappa shape index (κ1) is 16.2. The van der Waals surface area contributed by atoms with Crippen molar-refractivity contribution >= 4 is 11.8 Å². The fraction of sp³-hybridized carbons (Fsp3) is 0.316. The first-order valence-electron chi connectivity index (χ1n) is 8.16. The Balaban J connectivity index is 1.54. The molecule has 5 heteroatoms. The Labute approximate surface area is 141 Å². The Hall–Kier alpha value is -2.69. The third-order valence-electron chi connectivity index (χ3n) is 4.30. The van der Waals surface area contributed by atoms with Gasteiger partial charge in [-0.2, -0.15) is 0 Å². The quantitative estimate of drug-likeness (QED) is 0.867. The average molecular weight is 323 g/mol. The fourth-order valence-corrected chi connectivity index (χ4v) is 2.82. The van der Waals surface area contributed by atoms with E-state index in [9.17, 15) is 9.59 Å². The van der Waals surface area contributed by atoms with Crippen molar-refractivity contribution in [2.24, 2.45) is 0 Å². The number of nitrogens with zero attached hydrogens (tertiary/aromatic N) is 3. The number of piperazine rings is 1. The summed E-state index contributed by atoms with van der Waals surface area (Å²) in [7, 11) is 0. The highest BCUT2D eigenvalue weighted by molar-refractivity contribution is 5.94. The van der Waals surface area contributed by atoms with Gasteiger partial charge in [-0.05, 0) is 24.6 Å². The zero-order valence-corrected chi connectivity index (χ0v) is 13.8. The van der Waals surface area contributed by atoms with Gasteiger partial charge in [-0.15, -0.1) is 0 Å². The molecule has 124 valence electrons. The lowest BCUT2D eigenvalue weighted by molar-refractivity contribution is -0.131. The molecule has 1 saturated heterocycles. The molecule has 1 aliphatic rings. The predicted molar refractivity (Wildman–Crippen MR) is 91.6 cm³/mol. The van der Waals surface area contributed by atoms with Crippen molar-refractivity contribution in [3.8, 4) is 0 Å². The molecule has 0 saturated carbocycles. The van der Waals surface area contributed by atoms with Crippen LogP contribution in [0.5, 0.6) is 0 Å². The molecule has 1 fully saturated rings. The standard InChI is InChI=1S/C19H21N3O2/c1-15-4-6-16(7-5-15)13-18(23)21-9-11-22(12-10-21)19(24)17-3-2-8-20-14-17/h2-8,14H,9-13H2,1H3. The molecule has 1 aromatic heterocycles. The molecule has 1 aromatic carbocycles. The molecule has 1 aliphatic heterocycles. The number of carbonyl (C=O) groups is 2. The van der Waals surface area contributed by atoms with Crippen molar-refractivity contribution in [3.63, 3.8) is 0 Å². The van der Waals surface area contributed by atoms with Crippen LogP contribution in [0.25, 0.3) is 0 Å². The zero-order valence-electron chi connectivity index (χ0n) is 13.8. The van der Waals surface area contributed by atoms with Gasteiger partial charge in [0.1, 0.15) is 0 Å². The van der Waals surface area contributed by atoms with Crippen LogP contribution in [0.1, 0.15) is 21.5 Å². The Kier molecular flexibility index (Phi) is 4.89. The summed E-state index contributed by atoms with van der Waals surface area (Å²) >= 11 is 0. The third-order valence-corrected chi connectivity index (χ3v) is 4.30. The Bertz CT molecular complexity index is 705. The molecule has 0 atom stereocenters. The SMILES string of the molecule is Cc1ccc(CC(=O)N2CCN(C(=O)c3cccnc3)CC2)cc1. The number of pyridine rings is 1. The first-order chi connectivity index (χ1) is 11.6. The van der Waals surface area contributed by atoms with Crippen molar-refractivity contribution in [1.29, 1.82) is 0 Å². The maximum Gasteiger partial charge on any atom is 0.255 e. The summed E-state index contributed by atoms with van der Waals surface area (Å²) < 4.78 is 0. The van der Waals surface area contributed by atoms with Gasteiger partial charge < -0.3 is 9.80 Å². The van der Waals surface area contributed by atoms with Crippen LogP contribution in [0.15, 0.2) is 48.8 Å². The third kappa shape index (κ3) is 3.79. The van der Waals surface area contributed by atoms with Gasteiger partial charge in [-0.3, -0.25) is 14.6 Å². The van der Waals surface area contributed by atoms with Crippen LogP contribution in [0.2, 0.25) is 0 Å². The fourth-order valence-electron chi connectivity index (χ4n) is 2.82. The molecule has 0 spiro atoms. The molecule has 24 heavy (non-hydrogen) atoms. The summed E-state index contributed by atoms with van der Waals surface area (Å²) in [4.78, 5) is 32.4. The van der Waals surface area contributed by atoms with E-state index in [2.05, 4.69) is 4.98 Å². The van der Waals surface area contributed by atoms with Crippen molar-refractivity contribution in [2.45, 2.75) is 13.3 Å². The van der Waals surface area contributed by atoms with Crippen LogP contribution in [-0.4, -0.2) is 52.8 Å². The minimum Gasteiger partial charge on any atom is -0.339 e. The summed E-state index contributed by atoms with van der Waals surface area (Å²) in [5.41, 5.74) is 2.81. The van der Waals surface area contributed by atoms with E-state index in [1.54, 1.807) is 29.4 Å². The zero-order chi connectivity index (χ0) is 16.9. The molecule has 2 amide bonds. The van der Waals surface area contributed by atoms with Crippen molar-refractivity contribution in [1.82, 2.24) is 14.8 Å². The summed E-state index contributed by atoms with van der Waals surface area (Å²) in [5, 5.41) is 0. The van der Waals surface area contributed by atoms with E-state index in [-0.39, 0.29) is 11.8 Å². The Morgan fingerprint density at radius 1 is 1.00 bits per heavy atom. The van der Waals surface area contributed by atoms with Crippen LogP contribution in [0, 0.1) is 6.92 Å². The van der Waals surface area contributed by atoms with Gasteiger partial charge in [0.2, 0.25) is 5.91 Å². The van der Waals surface area contributed by atoms with Gasteiger partial charge in [0, 0.05) is 38.6 Å². The largest absolute Gasteiger partial charge is 0.339 e. The minimum absolute atomic E-state index is 0.0197. The number of aromatic nitrogens is 1. The maximum atomic E-state index is 12.4. The monoisotopic (exact) mass is 323 g/mol. The van der Waals surface area contributed by atoms with E-state index in [0.717, 1.165) is 5.56 Å². The highest BCUT2D eigenvalue weighted by Gasteiger charge is 2.24. The van der Waals surface area contributed by atoms with E-state index in [4.69, 9.17) is 0 Å². The highest BCUT2D eigenvalue weighted by Crippen LogP contribution is 2.11. The number of carbonyl (C=O) groups excluding carboxylic acids is 2. The van der Waals surface area contributed by atoms with Crippen LogP contribution in [0.4, 0.5) is 0 Å². The summed E-state index contributed by atoms with van der Waals surface area (Å²) in [6.07, 6.45) is 3.65. The molecule has 0 bridgehead atoms. The van der Waals surface area contributed by atoms with Crippen LogP contribution in [0.3, 0.4) is 0 Å². The number of amides is 2. The lowest BCUT2D eigenvalue weighted by Gasteiger charge is -2.34. The molecular formula is C19H21N3O2. The summed E-state index contributed by atoms with van der Waals surface area (Å²) in [6, 6.07) is 11.6. The smallest absolute Gasteiger partial charge is 0.255 e. The van der Waals surface area contributed by atoms with Crippen LogP contribution in [-0.2, 0) is 11.2 Å². The van der Waals surface area contributed by atoms with Crippen LogP contribution < -0.4 is 0 Å². The van der Waals surface area contributed by atoms with Gasteiger partial charge in [-0.1, -0.05) is 29.8 Å². The van der Waals surface area contributed by atoms with Gasteiger partial charge in [-0.25, -0.2) is 0 Å². The second-order valence-corrected chi connectivity index (χ2v) is 6.08. The lowest BCUT2D eigenvalue weighted by atomic mass is 10.1. The number of rotatable bonds is 3. The molecule has 0 unspecified atom stereocenters. The van der Waals surface area contributed by atoms with Crippen LogP contribution >= 0.6 is 0 Å². The number of hydrogen-bond donors (Lipinski definition) is 0. The van der Waals surface area contributed by atoms with Crippen molar-refractivity contribution in [3.05, 3.63) is 65.5 Å². The molecule has 0 aliphatic carbocycles. The molecule has 2 heterocycles. The molecule has 5 nitrogen and oxygen atoms in total. The van der Waals surface area contributed by atoms with E-state index in [1.807, 2.05) is 36.1 Å². The van der Waals surface area contributed by atoms with Gasteiger partial charge in [0.05, 0.1) is 12.0 Å². The second-order valence-electron chi connectivity index (χ2n) is 6.08. The molecule has 0 N–H and O–H groups in total. The van der Waals surface area contributed by atoms with Gasteiger partial charge in [0.15, 0.2) is 0 Å². The van der Waals surface area contributed by atoms with Crippen molar-refractivity contribution in [2.75, 3.05) is 26.2 Å². The first-order valence-corrected chi connectivity index (χ1v) is 8.16. The average Bonchev–Trinajstić information content (AvgIpc) is 2.64. The number of benzene rings is 1. The topological polar surface area (TPSA) is 53.5 Å². The van der Waals surface area contributed by atoms with Crippen molar-refractivity contribution < 1.29 is 9.59 Å². The highest BCUT2D eigenvalue weighted by atomic mass is 16.2. The minimum atomic E-state index is -0.0197. The Morgan fingerprint density at radius 2 is 1.67 bits per heavy atom. The van der Waals surface area contributed by atoms with E-state index in [0.29, 0.717) is 38.2 Å². The molecule has 3 rings (SSSR count). The Morgan fingerprint density at radius 3 is 2.29 bits per heavy atom. The number of aryl methyl sites for hydroxylation is 1. The lowest BCUT2D eigenvalue weighted by Crippen LogP contribution is -2.51.